The highest BCUT2D eigenvalue weighted by molar-refractivity contribution is 6.04. The minimum Gasteiger partial charge on any atom is -0.497 e. The van der Waals surface area contributed by atoms with E-state index in [9.17, 15) is 14.9 Å². The molecule has 0 aliphatic heterocycles. The summed E-state index contributed by atoms with van der Waals surface area (Å²) >= 11 is 0. The Morgan fingerprint density at radius 3 is 2.48 bits per heavy atom. The molecule has 1 amide bonds. The van der Waals surface area contributed by atoms with E-state index in [4.69, 9.17) is 14.2 Å². The number of H-pyrrole nitrogens is 1. The Balaban J connectivity index is 1.83. The fraction of sp³-hybridized carbons (Fsp3) is 0.167. The lowest BCUT2D eigenvalue weighted by atomic mass is 10.1. The number of carbonyl (C=O) groups excluding carboxylic acids is 1. The fourth-order valence-electron chi connectivity index (χ4n) is 2.58. The van der Waals surface area contributed by atoms with Crippen molar-refractivity contribution in [3.63, 3.8) is 0 Å². The lowest BCUT2D eigenvalue weighted by Crippen LogP contribution is -2.13. The Labute approximate surface area is 164 Å². The molecular weight excluding hydrogens is 382 g/mol. The van der Waals surface area contributed by atoms with Gasteiger partial charge in [0.2, 0.25) is 5.95 Å². The number of benzene rings is 2. The zero-order chi connectivity index (χ0) is 21.0. The summed E-state index contributed by atoms with van der Waals surface area (Å²) in [6, 6.07) is 9.02. The number of ether oxygens (including phenoxy) is 3. The van der Waals surface area contributed by atoms with Gasteiger partial charge in [0.1, 0.15) is 11.5 Å². The molecular formula is C18H17N5O6. The number of amides is 1. The summed E-state index contributed by atoms with van der Waals surface area (Å²) in [5, 5.41) is 20.3. The van der Waals surface area contributed by atoms with E-state index >= 15 is 0 Å². The average Bonchev–Trinajstić information content (AvgIpc) is 3.20. The fourth-order valence-corrected chi connectivity index (χ4v) is 2.58. The highest BCUT2D eigenvalue weighted by Crippen LogP contribution is 2.32. The van der Waals surface area contributed by atoms with E-state index in [1.54, 1.807) is 25.3 Å². The Bertz CT molecular complexity index is 1060. The van der Waals surface area contributed by atoms with Crippen LogP contribution < -0.4 is 19.5 Å². The number of hydrogen-bond donors (Lipinski definition) is 2. The van der Waals surface area contributed by atoms with Gasteiger partial charge in [0.15, 0.2) is 11.6 Å². The molecule has 0 fully saturated rings. The molecule has 0 unspecified atom stereocenters. The predicted octanol–water partition coefficient (Wildman–Crippen LogP) is 2.66. The second-order valence-electron chi connectivity index (χ2n) is 5.67. The van der Waals surface area contributed by atoms with Crippen molar-refractivity contribution in [1.29, 1.82) is 0 Å². The first kappa shape index (κ1) is 19.6. The van der Waals surface area contributed by atoms with Gasteiger partial charge in [-0.1, -0.05) is 0 Å². The van der Waals surface area contributed by atoms with Crippen LogP contribution >= 0.6 is 0 Å². The van der Waals surface area contributed by atoms with Crippen molar-refractivity contribution in [2.75, 3.05) is 26.6 Å². The summed E-state index contributed by atoms with van der Waals surface area (Å²) < 4.78 is 15.4. The second-order valence-corrected chi connectivity index (χ2v) is 5.67. The number of rotatable bonds is 7. The number of methoxy groups -OCH3 is 3. The molecule has 3 aromatic rings. The van der Waals surface area contributed by atoms with Crippen molar-refractivity contribution in [2.45, 2.75) is 0 Å². The van der Waals surface area contributed by atoms with Gasteiger partial charge < -0.3 is 14.2 Å². The lowest BCUT2D eigenvalue weighted by molar-refractivity contribution is -0.385. The van der Waals surface area contributed by atoms with Crippen LogP contribution in [0.4, 0.5) is 11.6 Å². The van der Waals surface area contributed by atoms with Gasteiger partial charge in [-0.3, -0.25) is 25.3 Å². The summed E-state index contributed by atoms with van der Waals surface area (Å²) in [5.41, 5.74) is 0.353. The Hall–Kier alpha value is -4.15. The van der Waals surface area contributed by atoms with Crippen LogP contribution in [0.3, 0.4) is 0 Å². The molecule has 11 heteroatoms. The summed E-state index contributed by atoms with van der Waals surface area (Å²) in [7, 11) is 4.36. The maximum Gasteiger partial charge on any atom is 0.311 e. The van der Waals surface area contributed by atoms with E-state index in [0.29, 0.717) is 22.9 Å². The summed E-state index contributed by atoms with van der Waals surface area (Å²) in [6.45, 7) is 0. The van der Waals surface area contributed by atoms with Gasteiger partial charge in [-0.2, -0.15) is 4.98 Å². The van der Waals surface area contributed by atoms with Gasteiger partial charge >= 0.3 is 5.69 Å². The third kappa shape index (κ3) is 4.08. The van der Waals surface area contributed by atoms with Gasteiger partial charge in [0.05, 0.1) is 31.8 Å². The summed E-state index contributed by atoms with van der Waals surface area (Å²) in [4.78, 5) is 27.1. The maximum atomic E-state index is 12.4. The quantitative estimate of drug-likeness (QED) is 0.456. The van der Waals surface area contributed by atoms with E-state index in [2.05, 4.69) is 20.5 Å². The van der Waals surface area contributed by atoms with E-state index < -0.39 is 10.8 Å². The highest BCUT2D eigenvalue weighted by Gasteiger charge is 2.19. The molecule has 0 atom stereocenters. The second kappa shape index (κ2) is 8.25. The van der Waals surface area contributed by atoms with Crippen LogP contribution in [0.15, 0.2) is 36.4 Å². The number of hydrogen-bond acceptors (Lipinski definition) is 8. The zero-order valence-corrected chi connectivity index (χ0v) is 15.8. The SMILES string of the molecule is COc1ccc(-c2nc(NC(=O)c3ccc(OC)c([N+](=O)[O-])c3)n[nH]2)c(OC)c1. The first-order valence-corrected chi connectivity index (χ1v) is 8.25. The number of nitro benzene ring substituents is 1. The number of aromatic nitrogens is 3. The Morgan fingerprint density at radius 1 is 1.07 bits per heavy atom. The van der Waals surface area contributed by atoms with Crippen LogP contribution in [0.2, 0.25) is 0 Å². The van der Waals surface area contributed by atoms with E-state index in [1.165, 1.54) is 26.4 Å². The normalized spacial score (nSPS) is 10.3. The van der Waals surface area contributed by atoms with Gasteiger partial charge in [0, 0.05) is 17.7 Å². The molecule has 0 radical (unpaired) electrons. The third-order valence-corrected chi connectivity index (χ3v) is 4.01. The highest BCUT2D eigenvalue weighted by atomic mass is 16.6. The molecule has 150 valence electrons. The molecule has 0 aliphatic carbocycles. The molecule has 0 spiro atoms. The zero-order valence-electron chi connectivity index (χ0n) is 15.8. The molecule has 0 saturated carbocycles. The Kier molecular flexibility index (Phi) is 5.58. The number of carbonyl (C=O) groups is 1. The predicted molar refractivity (Wildman–Crippen MR) is 103 cm³/mol. The number of anilines is 1. The lowest BCUT2D eigenvalue weighted by Gasteiger charge is -2.07. The van der Waals surface area contributed by atoms with Crippen molar-refractivity contribution in [3.05, 3.63) is 52.1 Å². The van der Waals surface area contributed by atoms with Gasteiger partial charge in [-0.05, 0) is 24.3 Å². The van der Waals surface area contributed by atoms with Crippen LogP contribution in [0.25, 0.3) is 11.4 Å². The largest absolute Gasteiger partial charge is 0.497 e. The monoisotopic (exact) mass is 399 g/mol. The smallest absolute Gasteiger partial charge is 0.311 e. The van der Waals surface area contributed by atoms with Crippen LogP contribution in [-0.4, -0.2) is 47.3 Å². The molecule has 0 saturated heterocycles. The minimum absolute atomic E-state index is 0.00124. The topological polar surface area (TPSA) is 142 Å². The van der Waals surface area contributed by atoms with E-state index in [1.807, 2.05) is 0 Å². The summed E-state index contributed by atoms with van der Waals surface area (Å²) in [6.07, 6.45) is 0. The van der Waals surface area contributed by atoms with Crippen LogP contribution in [0.5, 0.6) is 17.2 Å². The van der Waals surface area contributed by atoms with Crippen molar-refractivity contribution >= 4 is 17.5 Å². The number of aromatic amines is 1. The van der Waals surface area contributed by atoms with E-state index in [0.717, 1.165) is 6.07 Å². The van der Waals surface area contributed by atoms with Crippen LogP contribution in [0.1, 0.15) is 10.4 Å². The molecule has 11 nitrogen and oxygen atoms in total. The number of nitrogens with one attached hydrogen (secondary N) is 2. The summed E-state index contributed by atoms with van der Waals surface area (Å²) in [5.74, 6) is 0.923. The van der Waals surface area contributed by atoms with E-state index in [-0.39, 0.29) is 22.9 Å². The van der Waals surface area contributed by atoms with Crippen LogP contribution in [0, 0.1) is 10.1 Å². The maximum absolute atomic E-state index is 12.4. The first-order chi connectivity index (χ1) is 14.0. The standard InChI is InChI=1S/C18H17N5O6/c1-27-11-5-6-12(15(9-11)29-3)16-19-18(22-21-16)20-17(24)10-4-7-14(28-2)13(8-10)23(25)26/h4-9H,1-3H3,(H2,19,20,21,22,24). The van der Waals surface area contributed by atoms with Crippen molar-refractivity contribution < 1.29 is 23.9 Å². The number of nitro groups is 1. The van der Waals surface area contributed by atoms with Crippen LogP contribution in [-0.2, 0) is 0 Å². The average molecular weight is 399 g/mol. The van der Waals surface area contributed by atoms with Crippen molar-refractivity contribution in [1.82, 2.24) is 15.2 Å². The number of nitrogens with zero attached hydrogens (tertiary/aromatic N) is 3. The minimum atomic E-state index is -0.629. The molecule has 1 heterocycles. The van der Waals surface area contributed by atoms with Gasteiger partial charge in [-0.15, -0.1) is 5.10 Å². The van der Waals surface area contributed by atoms with Crippen molar-refractivity contribution in [3.8, 4) is 28.6 Å². The third-order valence-electron chi connectivity index (χ3n) is 4.01. The van der Waals surface area contributed by atoms with Crippen molar-refractivity contribution in [2.24, 2.45) is 0 Å². The molecule has 2 aromatic carbocycles. The molecule has 2 N–H and O–H groups in total. The first-order valence-electron chi connectivity index (χ1n) is 8.25. The van der Waals surface area contributed by atoms with Gasteiger partial charge in [-0.25, -0.2) is 0 Å². The van der Waals surface area contributed by atoms with Gasteiger partial charge in [0.25, 0.3) is 5.91 Å². The molecule has 0 bridgehead atoms. The molecule has 0 aliphatic rings. The molecule has 3 rings (SSSR count). The molecule has 1 aromatic heterocycles. The Morgan fingerprint density at radius 2 is 1.83 bits per heavy atom. The molecule has 29 heavy (non-hydrogen) atoms.